The van der Waals surface area contributed by atoms with E-state index in [1.54, 1.807) is 13.8 Å². The van der Waals surface area contributed by atoms with E-state index in [1.165, 1.54) is 0 Å². The van der Waals surface area contributed by atoms with E-state index in [1.807, 2.05) is 0 Å². The SMILES string of the molecule is CC(C)OP(C)(=O)F.[V]. The van der Waals surface area contributed by atoms with E-state index in [0.29, 0.717) is 0 Å². The van der Waals surface area contributed by atoms with Crippen LogP contribution in [0.4, 0.5) is 4.20 Å². The molecule has 0 rings (SSSR count). The molecule has 0 bridgehead atoms. The molecule has 0 aromatic rings. The van der Waals surface area contributed by atoms with Crippen LogP contribution in [-0.4, -0.2) is 12.8 Å². The summed E-state index contributed by atoms with van der Waals surface area (Å²) in [7, 11) is -3.72. The first-order valence-corrected chi connectivity index (χ1v) is 4.33. The van der Waals surface area contributed by atoms with Crippen molar-refractivity contribution in [1.82, 2.24) is 0 Å². The van der Waals surface area contributed by atoms with E-state index >= 15 is 0 Å². The van der Waals surface area contributed by atoms with Crippen molar-refractivity contribution in [2.45, 2.75) is 20.0 Å². The molecule has 0 fully saturated rings. The number of hydrogen-bond donors (Lipinski definition) is 0. The van der Waals surface area contributed by atoms with Crippen LogP contribution in [0, 0.1) is 0 Å². The Kier molecular flexibility index (Phi) is 6.21. The number of hydrogen-bond acceptors (Lipinski definition) is 2. The Hall–Kier alpha value is 0.704. The summed E-state index contributed by atoms with van der Waals surface area (Å²) in [4.78, 5) is 0. The van der Waals surface area contributed by atoms with Gasteiger partial charge in [-0.05, 0) is 13.8 Å². The maximum atomic E-state index is 12.0. The summed E-state index contributed by atoms with van der Waals surface area (Å²) in [6, 6.07) is 0. The molecule has 1 unspecified atom stereocenters. The Morgan fingerprint density at radius 3 is 1.89 bits per heavy atom. The molecule has 0 amide bonds. The molecule has 1 radical (unpaired) electrons. The normalized spacial score (nSPS) is 16.6. The fourth-order valence-electron chi connectivity index (χ4n) is 0.377. The molecule has 0 aromatic carbocycles. The predicted molar refractivity (Wildman–Crippen MR) is 30.9 cm³/mol. The predicted octanol–water partition coefficient (Wildman–Crippen LogP) is 2.20. The summed E-state index contributed by atoms with van der Waals surface area (Å²) in [5.74, 6) is 0. The fraction of sp³-hybridized carbons (Fsp3) is 1.00. The van der Waals surface area contributed by atoms with Crippen molar-refractivity contribution >= 4 is 7.68 Å². The summed E-state index contributed by atoms with van der Waals surface area (Å²) in [6.07, 6.45) is -0.296. The topological polar surface area (TPSA) is 26.3 Å². The van der Waals surface area contributed by atoms with E-state index < -0.39 is 7.68 Å². The van der Waals surface area contributed by atoms with E-state index in [9.17, 15) is 8.76 Å². The van der Waals surface area contributed by atoms with Crippen molar-refractivity contribution < 1.29 is 31.8 Å². The van der Waals surface area contributed by atoms with Gasteiger partial charge in [0.15, 0.2) is 0 Å². The van der Waals surface area contributed by atoms with Crippen molar-refractivity contribution in [1.29, 1.82) is 0 Å². The van der Waals surface area contributed by atoms with E-state index in [0.717, 1.165) is 6.66 Å². The van der Waals surface area contributed by atoms with E-state index in [-0.39, 0.29) is 24.7 Å². The van der Waals surface area contributed by atoms with E-state index in [2.05, 4.69) is 4.52 Å². The first kappa shape index (κ1) is 12.4. The summed E-state index contributed by atoms with van der Waals surface area (Å²) >= 11 is 0. The Labute approximate surface area is 66.6 Å². The molecule has 9 heavy (non-hydrogen) atoms. The van der Waals surface area contributed by atoms with Gasteiger partial charge in [-0.15, -0.1) is 0 Å². The van der Waals surface area contributed by atoms with Crippen LogP contribution < -0.4 is 0 Å². The van der Waals surface area contributed by atoms with E-state index in [4.69, 9.17) is 0 Å². The third-order valence-corrected chi connectivity index (χ3v) is 1.20. The van der Waals surface area contributed by atoms with Crippen LogP contribution in [-0.2, 0) is 27.6 Å². The third kappa shape index (κ3) is 12.0. The smallest absolute Gasteiger partial charge is 0.303 e. The Bertz CT molecular complexity index is 111. The third-order valence-electron chi connectivity index (χ3n) is 0.399. The van der Waals surface area contributed by atoms with Crippen LogP contribution >= 0.6 is 7.68 Å². The van der Waals surface area contributed by atoms with Crippen LogP contribution in [0.15, 0.2) is 0 Å². The minimum absolute atomic E-state index is 0. The van der Waals surface area contributed by atoms with Gasteiger partial charge in [0.25, 0.3) is 0 Å². The molecule has 0 N–H and O–H groups in total. The van der Waals surface area contributed by atoms with Gasteiger partial charge in [0.1, 0.15) is 0 Å². The maximum Gasteiger partial charge on any atom is 0.364 e. The second kappa shape index (κ2) is 4.51. The minimum atomic E-state index is -3.72. The fourth-order valence-corrected chi connectivity index (χ4v) is 1.13. The van der Waals surface area contributed by atoms with Crippen LogP contribution in [0.25, 0.3) is 0 Å². The second-order valence-corrected chi connectivity index (χ2v) is 3.61. The second-order valence-electron chi connectivity index (χ2n) is 1.90. The molecule has 0 saturated heterocycles. The van der Waals surface area contributed by atoms with Gasteiger partial charge in [-0.1, -0.05) is 0 Å². The maximum absolute atomic E-state index is 12.0. The van der Waals surface area contributed by atoms with Crippen molar-refractivity contribution in [3.8, 4) is 0 Å². The van der Waals surface area contributed by atoms with Gasteiger partial charge in [-0.3, -0.25) is 4.57 Å². The van der Waals surface area contributed by atoms with Crippen LogP contribution in [0.1, 0.15) is 13.8 Å². The van der Waals surface area contributed by atoms with Gasteiger partial charge in [-0.25, -0.2) is 0 Å². The van der Waals surface area contributed by atoms with Crippen LogP contribution in [0.2, 0.25) is 0 Å². The van der Waals surface area contributed by atoms with Crippen LogP contribution in [0.3, 0.4) is 0 Å². The van der Waals surface area contributed by atoms with Gasteiger partial charge < -0.3 is 4.52 Å². The monoisotopic (exact) mass is 191 g/mol. The first-order valence-electron chi connectivity index (χ1n) is 2.37. The van der Waals surface area contributed by atoms with Gasteiger partial charge in [0, 0.05) is 25.2 Å². The Morgan fingerprint density at radius 1 is 1.56 bits per heavy atom. The molecule has 0 spiro atoms. The average molecular weight is 191 g/mol. The quantitative estimate of drug-likeness (QED) is 0.625. The zero-order chi connectivity index (χ0) is 6.78. The Morgan fingerprint density at radius 2 is 1.89 bits per heavy atom. The largest absolute Gasteiger partial charge is 0.364 e. The zero-order valence-electron chi connectivity index (χ0n) is 5.67. The average Bonchev–Trinajstić information content (AvgIpc) is 1.21. The zero-order valence-corrected chi connectivity index (χ0v) is 7.96. The molecule has 0 aliphatic heterocycles. The summed E-state index contributed by atoms with van der Waals surface area (Å²) in [5.41, 5.74) is 0. The van der Waals surface area contributed by atoms with Crippen molar-refractivity contribution in [3.05, 3.63) is 0 Å². The van der Waals surface area contributed by atoms with Crippen molar-refractivity contribution in [2.24, 2.45) is 0 Å². The van der Waals surface area contributed by atoms with Gasteiger partial charge in [0.05, 0.1) is 6.10 Å². The summed E-state index contributed by atoms with van der Waals surface area (Å²) < 4.78 is 26.4. The van der Waals surface area contributed by atoms with Gasteiger partial charge in [0.2, 0.25) is 0 Å². The summed E-state index contributed by atoms with van der Waals surface area (Å²) in [6.45, 7) is 4.22. The van der Waals surface area contributed by atoms with Crippen LogP contribution in [0.5, 0.6) is 0 Å². The molecular weight excluding hydrogens is 181 g/mol. The minimum Gasteiger partial charge on any atom is -0.303 e. The molecule has 0 saturated carbocycles. The molecule has 55 valence electrons. The number of rotatable bonds is 2. The molecule has 0 aromatic heterocycles. The molecule has 1 atom stereocenters. The number of halogens is 1. The molecule has 5 heteroatoms. The van der Waals surface area contributed by atoms with Gasteiger partial charge >= 0.3 is 7.68 Å². The molecule has 0 aliphatic carbocycles. The standard InChI is InChI=1S/C4H10FO2P.V/c1-4(2)7-8(3,5)6;/h4H,1-3H3;. The van der Waals surface area contributed by atoms with Gasteiger partial charge in [-0.2, -0.15) is 4.20 Å². The molecule has 0 aliphatic rings. The Balaban J connectivity index is 0. The molecule has 0 heterocycles. The molecular formula is C4H10FO2PV. The molecule has 2 nitrogen and oxygen atoms in total. The van der Waals surface area contributed by atoms with Crippen molar-refractivity contribution in [2.75, 3.05) is 6.66 Å². The van der Waals surface area contributed by atoms with Crippen molar-refractivity contribution in [3.63, 3.8) is 0 Å². The first-order chi connectivity index (χ1) is 3.42. The summed E-state index contributed by atoms with van der Waals surface area (Å²) in [5, 5.41) is 0.